The molecule has 0 saturated carbocycles. The van der Waals surface area contributed by atoms with Gasteiger partial charge in [-0.25, -0.2) is 18.6 Å². The van der Waals surface area contributed by atoms with Crippen molar-refractivity contribution in [2.75, 3.05) is 0 Å². The Hall–Kier alpha value is -0.0526. The van der Waals surface area contributed by atoms with Crippen LogP contribution in [0.25, 0.3) is 0 Å². The van der Waals surface area contributed by atoms with E-state index in [1.54, 1.807) is 0 Å². The molecule has 0 amide bonds. The molecule has 1 rings (SSSR count). The van der Waals surface area contributed by atoms with Crippen molar-refractivity contribution in [2.45, 2.75) is 19.3 Å². The molecular weight excluding hydrogens is 103 g/mol. The molecule has 0 N–H and O–H groups in total. The quantitative estimate of drug-likeness (QED) is 0.226. The molecule has 9 heavy (non-hydrogen) atoms. The average Bonchev–Trinajstić information content (AvgIpc) is 1.62. The Morgan fingerprint density at radius 1 is 1.11 bits per heavy atom. The van der Waals surface area contributed by atoms with E-state index in [-0.39, 0.29) is 18.9 Å². The van der Waals surface area contributed by atoms with Gasteiger partial charge in [-0.2, -0.15) is 0 Å². The van der Waals surface area contributed by atoms with Crippen LogP contribution in [0, 0.1) is 6.42 Å². The van der Waals surface area contributed by atoms with Crippen LogP contribution in [-0.4, -0.2) is 0 Å². The van der Waals surface area contributed by atoms with Crippen molar-refractivity contribution in [3.8, 4) is 0 Å². The second-order valence-corrected chi connectivity index (χ2v) is 1.95. The fourth-order valence-electron chi connectivity index (χ4n) is 0.756. The van der Waals surface area contributed by atoms with Gasteiger partial charge in [-0.1, -0.05) is 18.9 Å². The fraction of sp³-hybridized carbons (Fsp3) is 0.375. The van der Waals surface area contributed by atoms with Crippen LogP contribution in [0.4, 0.5) is 0 Å². The molecule has 0 fully saturated rings. The molecule has 0 aliphatic heterocycles. The minimum absolute atomic E-state index is 0. The molecule has 1 aliphatic rings. The van der Waals surface area contributed by atoms with E-state index in [0.29, 0.717) is 0 Å². The molecular formula is C8H11Li. The third kappa shape index (κ3) is 4.45. The van der Waals surface area contributed by atoms with E-state index in [1.807, 2.05) is 0 Å². The molecule has 0 nitrogen and oxygen atoms in total. The summed E-state index contributed by atoms with van der Waals surface area (Å²) >= 11 is 0. The first-order valence-corrected chi connectivity index (χ1v) is 3.13. The zero-order valence-corrected chi connectivity index (χ0v) is 6.01. The van der Waals surface area contributed by atoms with Crippen molar-refractivity contribution in [2.24, 2.45) is 0 Å². The molecule has 0 aromatic carbocycles. The molecule has 0 unspecified atom stereocenters. The van der Waals surface area contributed by atoms with Crippen LogP contribution in [-0.2, 0) is 0 Å². The van der Waals surface area contributed by atoms with Gasteiger partial charge in [0.25, 0.3) is 0 Å². The molecule has 0 atom stereocenters. The van der Waals surface area contributed by atoms with Crippen LogP contribution >= 0.6 is 0 Å². The molecule has 0 heterocycles. The van der Waals surface area contributed by atoms with Crippen LogP contribution in [0.1, 0.15) is 19.3 Å². The van der Waals surface area contributed by atoms with Gasteiger partial charge in [0, 0.05) is 0 Å². The van der Waals surface area contributed by atoms with Crippen molar-refractivity contribution in [3.05, 3.63) is 30.7 Å². The smallest absolute Gasteiger partial charge is 0.232 e. The summed E-state index contributed by atoms with van der Waals surface area (Å²) in [5.41, 5.74) is 0. The summed E-state index contributed by atoms with van der Waals surface area (Å²) in [4.78, 5) is 0. The Balaban J connectivity index is 0.000000640. The van der Waals surface area contributed by atoms with Gasteiger partial charge in [0.2, 0.25) is 0 Å². The second-order valence-electron chi connectivity index (χ2n) is 1.95. The number of rotatable bonds is 0. The summed E-state index contributed by atoms with van der Waals surface area (Å²) in [7, 11) is 0. The van der Waals surface area contributed by atoms with Crippen molar-refractivity contribution in [1.29, 1.82) is 0 Å². The summed E-state index contributed by atoms with van der Waals surface area (Å²) in [6, 6.07) is 0. The van der Waals surface area contributed by atoms with Crippen LogP contribution < -0.4 is 18.9 Å². The molecule has 0 radical (unpaired) electrons. The molecule has 0 aromatic rings. The van der Waals surface area contributed by atoms with Crippen molar-refractivity contribution in [1.82, 2.24) is 0 Å². The molecule has 0 aromatic heterocycles. The van der Waals surface area contributed by atoms with Gasteiger partial charge in [-0.15, -0.1) is 6.08 Å². The van der Waals surface area contributed by atoms with E-state index in [2.05, 4.69) is 30.7 Å². The number of allylic oxidation sites excluding steroid dienone is 4. The van der Waals surface area contributed by atoms with Crippen LogP contribution in [0.2, 0.25) is 0 Å². The Labute approximate surface area is 69.2 Å². The third-order valence-corrected chi connectivity index (χ3v) is 1.21. The van der Waals surface area contributed by atoms with E-state index < -0.39 is 0 Å². The van der Waals surface area contributed by atoms with Gasteiger partial charge < -0.3 is 0 Å². The van der Waals surface area contributed by atoms with Crippen molar-refractivity contribution < 1.29 is 18.9 Å². The van der Waals surface area contributed by atoms with Gasteiger partial charge in [-0.05, 0) is 6.42 Å². The van der Waals surface area contributed by atoms with Crippen LogP contribution in [0.5, 0.6) is 0 Å². The molecule has 1 aliphatic carbocycles. The number of hydrogen-bond donors (Lipinski definition) is 0. The standard InChI is InChI=1S/C8H11.Li/c1-2-4-6-8-7-5-3-1;/h1-3,6,8H,4-5,7H2;/q-1;+1/b2-1-,8-6-;. The second kappa shape index (κ2) is 6.07. The van der Waals surface area contributed by atoms with E-state index in [9.17, 15) is 0 Å². The monoisotopic (exact) mass is 114 g/mol. The van der Waals surface area contributed by atoms with Crippen molar-refractivity contribution in [3.63, 3.8) is 0 Å². The predicted molar refractivity (Wildman–Crippen MR) is 36.4 cm³/mol. The summed E-state index contributed by atoms with van der Waals surface area (Å²) in [6.07, 6.45) is 14.5. The average molecular weight is 114 g/mol. The third-order valence-electron chi connectivity index (χ3n) is 1.21. The fourth-order valence-corrected chi connectivity index (χ4v) is 0.756. The maximum Gasteiger partial charge on any atom is 1.00 e. The summed E-state index contributed by atoms with van der Waals surface area (Å²) < 4.78 is 0. The predicted octanol–water partition coefficient (Wildman–Crippen LogP) is -0.509. The first kappa shape index (κ1) is 8.95. The normalized spacial score (nSPS) is 24.0. The maximum atomic E-state index is 2.24. The minimum Gasteiger partial charge on any atom is -0.232 e. The molecule has 0 bridgehead atoms. The van der Waals surface area contributed by atoms with Gasteiger partial charge in [0.1, 0.15) is 0 Å². The van der Waals surface area contributed by atoms with Crippen LogP contribution in [0.3, 0.4) is 0 Å². The SMILES string of the molecule is C1=C\C/C=C\CC[CH-]/1.[Li+]. The Bertz CT molecular complexity index is 91.1. The number of hydrogen-bond acceptors (Lipinski definition) is 0. The zero-order chi connectivity index (χ0) is 5.66. The van der Waals surface area contributed by atoms with E-state index in [1.165, 1.54) is 12.8 Å². The topological polar surface area (TPSA) is 0 Å². The Morgan fingerprint density at radius 3 is 2.89 bits per heavy atom. The summed E-state index contributed by atoms with van der Waals surface area (Å²) in [6.45, 7) is 0. The zero-order valence-electron chi connectivity index (χ0n) is 6.01. The molecule has 0 spiro atoms. The largest absolute Gasteiger partial charge is 1.00 e. The van der Waals surface area contributed by atoms with E-state index >= 15 is 0 Å². The Morgan fingerprint density at radius 2 is 2.00 bits per heavy atom. The maximum absolute atomic E-state index is 2.24. The summed E-state index contributed by atoms with van der Waals surface area (Å²) in [5.74, 6) is 0. The first-order chi connectivity index (χ1) is 4.00. The van der Waals surface area contributed by atoms with Gasteiger partial charge >= 0.3 is 18.9 Å². The summed E-state index contributed by atoms with van der Waals surface area (Å²) in [5, 5.41) is 0. The van der Waals surface area contributed by atoms with E-state index in [4.69, 9.17) is 0 Å². The van der Waals surface area contributed by atoms with Gasteiger partial charge in [0.15, 0.2) is 0 Å². The first-order valence-electron chi connectivity index (χ1n) is 3.13. The molecule has 44 valence electrons. The van der Waals surface area contributed by atoms with Crippen molar-refractivity contribution >= 4 is 0 Å². The molecule has 0 saturated heterocycles. The van der Waals surface area contributed by atoms with Gasteiger partial charge in [-0.3, -0.25) is 0 Å². The molecule has 1 heteroatoms. The Kier molecular flexibility index (Phi) is 6.04. The minimum atomic E-state index is 0. The van der Waals surface area contributed by atoms with Gasteiger partial charge in [0.05, 0.1) is 0 Å². The van der Waals surface area contributed by atoms with Crippen LogP contribution in [0.15, 0.2) is 24.3 Å². The van der Waals surface area contributed by atoms with E-state index in [0.717, 1.165) is 6.42 Å².